The summed E-state index contributed by atoms with van der Waals surface area (Å²) in [6.45, 7) is 4.00. The van der Waals surface area contributed by atoms with Crippen LogP contribution in [0.4, 0.5) is 5.82 Å². The summed E-state index contributed by atoms with van der Waals surface area (Å²) >= 11 is 0. The van der Waals surface area contributed by atoms with Crippen LogP contribution in [0.15, 0.2) is 67.0 Å². The Morgan fingerprint density at radius 1 is 1.00 bits per heavy atom. The number of hydrogen-bond acceptors (Lipinski definition) is 3. The van der Waals surface area contributed by atoms with E-state index in [0.29, 0.717) is 22.9 Å². The Morgan fingerprint density at radius 2 is 1.81 bits per heavy atom. The van der Waals surface area contributed by atoms with Crippen LogP contribution in [-0.2, 0) is 0 Å². The molecule has 26 heavy (non-hydrogen) atoms. The minimum atomic E-state index is -0.173. The van der Waals surface area contributed by atoms with Crippen LogP contribution in [0.5, 0.6) is 0 Å². The lowest BCUT2D eigenvalue weighted by Crippen LogP contribution is -2.14. The second-order valence-corrected chi connectivity index (χ2v) is 6.29. The molecule has 4 aromatic rings. The van der Waals surface area contributed by atoms with E-state index in [1.165, 1.54) is 5.56 Å². The Hall–Kier alpha value is -3.47. The van der Waals surface area contributed by atoms with Gasteiger partial charge in [-0.05, 0) is 32.0 Å². The van der Waals surface area contributed by atoms with Gasteiger partial charge in [0.1, 0.15) is 11.5 Å². The van der Waals surface area contributed by atoms with Gasteiger partial charge in [-0.1, -0.05) is 47.5 Å². The van der Waals surface area contributed by atoms with Crippen molar-refractivity contribution < 1.29 is 4.79 Å². The van der Waals surface area contributed by atoms with Gasteiger partial charge in [0.25, 0.3) is 5.91 Å². The van der Waals surface area contributed by atoms with Crippen LogP contribution < -0.4 is 5.32 Å². The third kappa shape index (κ3) is 2.95. The number of nitrogens with one attached hydrogen (secondary N) is 1. The van der Waals surface area contributed by atoms with Gasteiger partial charge in [0, 0.05) is 23.5 Å². The van der Waals surface area contributed by atoms with Gasteiger partial charge in [-0.3, -0.25) is 9.20 Å². The van der Waals surface area contributed by atoms with E-state index in [9.17, 15) is 4.79 Å². The van der Waals surface area contributed by atoms with Crippen molar-refractivity contribution in [1.82, 2.24) is 14.4 Å². The van der Waals surface area contributed by atoms with Crippen LogP contribution >= 0.6 is 0 Å². The van der Waals surface area contributed by atoms with Gasteiger partial charge in [-0.2, -0.15) is 0 Å². The standard InChI is InChI=1S/C21H18N4O/c1-14-7-9-16(10-8-14)18-19(25-12-4-11-22-21(25)23-18)24-20(26)17-6-3-5-15(2)13-17/h3-13H,1-2H3,(H,24,26). The molecule has 0 aliphatic heterocycles. The topological polar surface area (TPSA) is 59.3 Å². The largest absolute Gasteiger partial charge is 0.306 e. The van der Waals surface area contributed by atoms with Gasteiger partial charge in [-0.25, -0.2) is 9.97 Å². The minimum absolute atomic E-state index is 0.173. The number of aryl methyl sites for hydroxylation is 2. The number of amides is 1. The summed E-state index contributed by atoms with van der Waals surface area (Å²) in [4.78, 5) is 21.7. The lowest BCUT2D eigenvalue weighted by molar-refractivity contribution is 0.102. The van der Waals surface area contributed by atoms with E-state index in [2.05, 4.69) is 15.3 Å². The van der Waals surface area contributed by atoms with E-state index in [4.69, 9.17) is 0 Å². The molecule has 5 heteroatoms. The number of fused-ring (bicyclic) bond motifs is 1. The number of hydrogen-bond donors (Lipinski definition) is 1. The number of carbonyl (C=O) groups is 1. The van der Waals surface area contributed by atoms with E-state index < -0.39 is 0 Å². The third-order valence-corrected chi connectivity index (χ3v) is 4.24. The maximum atomic E-state index is 12.8. The molecule has 1 amide bonds. The summed E-state index contributed by atoms with van der Waals surface area (Å²) in [6.07, 6.45) is 3.53. The summed E-state index contributed by atoms with van der Waals surface area (Å²) in [5.41, 5.74) is 4.45. The zero-order chi connectivity index (χ0) is 18.1. The maximum Gasteiger partial charge on any atom is 0.256 e. The Balaban J connectivity index is 1.81. The van der Waals surface area contributed by atoms with Crippen LogP contribution in [-0.4, -0.2) is 20.3 Å². The summed E-state index contributed by atoms with van der Waals surface area (Å²) in [7, 11) is 0. The fraction of sp³-hybridized carbons (Fsp3) is 0.0952. The normalized spacial score (nSPS) is 10.8. The second kappa shape index (κ2) is 6.44. The van der Waals surface area contributed by atoms with E-state index in [-0.39, 0.29) is 5.91 Å². The molecule has 4 rings (SSSR count). The zero-order valence-corrected chi connectivity index (χ0v) is 14.6. The average molecular weight is 342 g/mol. The molecule has 2 aromatic heterocycles. The molecule has 0 saturated carbocycles. The van der Waals surface area contributed by atoms with Crippen molar-refractivity contribution >= 4 is 17.5 Å². The first kappa shape index (κ1) is 16.0. The molecular formula is C21H18N4O. The quantitative estimate of drug-likeness (QED) is 0.605. The van der Waals surface area contributed by atoms with Crippen LogP contribution in [0.25, 0.3) is 17.0 Å². The number of carbonyl (C=O) groups excluding carboxylic acids is 1. The molecule has 0 saturated heterocycles. The maximum absolute atomic E-state index is 12.8. The number of imidazole rings is 1. The highest BCUT2D eigenvalue weighted by molar-refractivity contribution is 6.05. The Labute approximate surface area is 151 Å². The smallest absolute Gasteiger partial charge is 0.256 e. The molecular weight excluding hydrogens is 324 g/mol. The third-order valence-electron chi connectivity index (χ3n) is 4.24. The molecule has 2 heterocycles. The highest BCUT2D eigenvalue weighted by Crippen LogP contribution is 2.28. The van der Waals surface area contributed by atoms with Crippen LogP contribution in [0.2, 0.25) is 0 Å². The molecule has 0 unspecified atom stereocenters. The van der Waals surface area contributed by atoms with Crippen molar-refractivity contribution in [1.29, 1.82) is 0 Å². The molecule has 0 atom stereocenters. The Kier molecular flexibility index (Phi) is 3.97. The van der Waals surface area contributed by atoms with Gasteiger partial charge in [0.05, 0.1) is 0 Å². The first-order chi connectivity index (χ1) is 12.6. The van der Waals surface area contributed by atoms with Gasteiger partial charge in [0.2, 0.25) is 5.78 Å². The van der Waals surface area contributed by atoms with E-state index in [0.717, 1.165) is 11.1 Å². The zero-order valence-electron chi connectivity index (χ0n) is 14.6. The highest BCUT2D eigenvalue weighted by Gasteiger charge is 2.17. The molecule has 0 radical (unpaired) electrons. The SMILES string of the molecule is Cc1ccc(-c2nc3ncccn3c2NC(=O)c2cccc(C)c2)cc1. The predicted molar refractivity (Wildman–Crippen MR) is 102 cm³/mol. The molecule has 0 aliphatic rings. The van der Waals surface area contributed by atoms with E-state index in [1.807, 2.05) is 68.6 Å². The fourth-order valence-electron chi connectivity index (χ4n) is 2.89. The van der Waals surface area contributed by atoms with Gasteiger partial charge in [-0.15, -0.1) is 0 Å². The first-order valence-corrected chi connectivity index (χ1v) is 8.40. The first-order valence-electron chi connectivity index (χ1n) is 8.40. The number of nitrogens with zero attached hydrogens (tertiary/aromatic N) is 3. The Morgan fingerprint density at radius 3 is 2.58 bits per heavy atom. The lowest BCUT2D eigenvalue weighted by Gasteiger charge is -2.08. The molecule has 0 bridgehead atoms. The van der Waals surface area contributed by atoms with Gasteiger partial charge < -0.3 is 5.32 Å². The van der Waals surface area contributed by atoms with Gasteiger partial charge >= 0.3 is 0 Å². The van der Waals surface area contributed by atoms with Crippen molar-refractivity contribution in [2.45, 2.75) is 13.8 Å². The van der Waals surface area contributed by atoms with Crippen LogP contribution in [0.1, 0.15) is 21.5 Å². The van der Waals surface area contributed by atoms with Crippen molar-refractivity contribution in [2.75, 3.05) is 5.32 Å². The predicted octanol–water partition coefficient (Wildman–Crippen LogP) is 4.27. The molecule has 0 aliphatic carbocycles. The molecule has 5 nitrogen and oxygen atoms in total. The van der Waals surface area contributed by atoms with Crippen molar-refractivity contribution in [3.8, 4) is 11.3 Å². The molecule has 2 aromatic carbocycles. The summed E-state index contributed by atoms with van der Waals surface area (Å²) < 4.78 is 1.79. The molecule has 0 spiro atoms. The van der Waals surface area contributed by atoms with Crippen LogP contribution in [0, 0.1) is 13.8 Å². The average Bonchev–Trinajstić information content (AvgIpc) is 3.01. The lowest BCUT2D eigenvalue weighted by atomic mass is 10.1. The number of aromatic nitrogens is 3. The van der Waals surface area contributed by atoms with E-state index >= 15 is 0 Å². The number of benzene rings is 2. The molecule has 128 valence electrons. The minimum Gasteiger partial charge on any atom is -0.306 e. The number of anilines is 1. The van der Waals surface area contributed by atoms with Gasteiger partial charge in [0.15, 0.2) is 0 Å². The molecule has 1 N–H and O–H groups in total. The Bertz CT molecular complexity index is 1100. The summed E-state index contributed by atoms with van der Waals surface area (Å²) in [5.74, 6) is 0.985. The van der Waals surface area contributed by atoms with Crippen LogP contribution in [0.3, 0.4) is 0 Å². The van der Waals surface area contributed by atoms with Crippen molar-refractivity contribution in [3.63, 3.8) is 0 Å². The monoisotopic (exact) mass is 342 g/mol. The van der Waals surface area contributed by atoms with E-state index in [1.54, 1.807) is 16.7 Å². The summed E-state index contributed by atoms with van der Waals surface area (Å²) in [5, 5.41) is 3.01. The summed E-state index contributed by atoms with van der Waals surface area (Å²) in [6, 6.07) is 17.4. The van der Waals surface area contributed by atoms with Crippen molar-refractivity contribution in [3.05, 3.63) is 83.7 Å². The van der Waals surface area contributed by atoms with Crippen molar-refractivity contribution in [2.24, 2.45) is 0 Å². The molecule has 0 fully saturated rings. The number of rotatable bonds is 3. The highest BCUT2D eigenvalue weighted by atomic mass is 16.1. The fourth-order valence-corrected chi connectivity index (χ4v) is 2.89. The second-order valence-electron chi connectivity index (χ2n) is 6.29.